The summed E-state index contributed by atoms with van der Waals surface area (Å²) in [6.45, 7) is 2.06. The minimum Gasteiger partial charge on any atom is -0.393 e. The van der Waals surface area contributed by atoms with E-state index in [0.717, 1.165) is 35.1 Å². The van der Waals surface area contributed by atoms with Crippen LogP contribution in [-0.4, -0.2) is 48.1 Å². The third-order valence-corrected chi connectivity index (χ3v) is 6.69. The molecule has 4 aromatic rings. The van der Waals surface area contributed by atoms with E-state index in [0.29, 0.717) is 41.0 Å². The van der Waals surface area contributed by atoms with Gasteiger partial charge >= 0.3 is 0 Å². The number of pyridine rings is 1. The number of rotatable bonds is 5. The fraction of sp³-hybridized carbons (Fsp3) is 0.375. The second-order valence-electron chi connectivity index (χ2n) is 8.74. The van der Waals surface area contributed by atoms with Gasteiger partial charge in [0.2, 0.25) is 0 Å². The number of halogens is 1. The minimum absolute atomic E-state index is 0.00819. The molecule has 1 saturated carbocycles. The number of fused-ring (bicyclic) bond motifs is 2. The van der Waals surface area contributed by atoms with Crippen LogP contribution in [0, 0.1) is 0 Å². The van der Waals surface area contributed by atoms with Crippen molar-refractivity contribution in [1.82, 2.24) is 30.2 Å². The fourth-order valence-electron chi connectivity index (χ4n) is 4.54. The van der Waals surface area contributed by atoms with Crippen molar-refractivity contribution in [3.05, 3.63) is 59.0 Å². The number of aliphatic hydroxyl groups excluding tert-OH is 1. The first kappa shape index (κ1) is 21.7. The van der Waals surface area contributed by atoms with Crippen molar-refractivity contribution in [2.45, 2.75) is 57.1 Å². The fourth-order valence-corrected chi connectivity index (χ4v) is 4.81. The van der Waals surface area contributed by atoms with E-state index < -0.39 is 0 Å². The molecule has 3 N–H and O–H groups in total. The average molecular weight is 465 g/mol. The van der Waals surface area contributed by atoms with Gasteiger partial charge in [-0.25, -0.2) is 19.9 Å². The number of aromatic amines is 1. The van der Waals surface area contributed by atoms with Gasteiger partial charge in [-0.3, -0.25) is 4.79 Å². The van der Waals surface area contributed by atoms with E-state index in [4.69, 9.17) is 16.6 Å². The molecular formula is C24H25ClN6O2. The monoisotopic (exact) mass is 464 g/mol. The Hall–Kier alpha value is -3.10. The van der Waals surface area contributed by atoms with E-state index in [9.17, 15) is 9.90 Å². The Labute approximate surface area is 195 Å². The third-order valence-electron chi connectivity index (χ3n) is 6.38. The highest BCUT2D eigenvalue weighted by Crippen LogP contribution is 2.30. The molecule has 3 aromatic heterocycles. The van der Waals surface area contributed by atoms with E-state index in [1.165, 1.54) is 6.33 Å². The molecule has 5 rings (SSSR count). The highest BCUT2D eigenvalue weighted by Gasteiger charge is 2.24. The van der Waals surface area contributed by atoms with Crippen molar-refractivity contribution in [1.29, 1.82) is 0 Å². The van der Waals surface area contributed by atoms with Crippen LogP contribution in [0.5, 0.6) is 0 Å². The number of amides is 1. The van der Waals surface area contributed by atoms with Crippen LogP contribution in [0.2, 0.25) is 5.02 Å². The van der Waals surface area contributed by atoms with Crippen molar-refractivity contribution >= 4 is 39.4 Å². The number of aliphatic hydroxyl groups is 1. The zero-order valence-electron chi connectivity index (χ0n) is 18.3. The standard InChI is InChI=1S/C24H25ClN6O2/c1-13(9-19-21-23(28-11-26-19)29-12-27-21)18-10-14-3-2-4-17(25)20(14)22(31-18)24(33)30-15-5-7-16(32)8-6-15/h2-4,10-13,15-16,32H,5-9H2,1H3,(H,30,33)(H,26,27,28,29)/t13-,15?,16?/m1/s1. The second kappa shape index (κ2) is 9.03. The van der Waals surface area contributed by atoms with E-state index in [1.807, 2.05) is 18.2 Å². The lowest BCUT2D eigenvalue weighted by Gasteiger charge is -2.26. The topological polar surface area (TPSA) is 117 Å². The van der Waals surface area contributed by atoms with Gasteiger partial charge in [-0.2, -0.15) is 0 Å². The summed E-state index contributed by atoms with van der Waals surface area (Å²) < 4.78 is 0. The molecule has 1 atom stereocenters. The van der Waals surface area contributed by atoms with Gasteiger partial charge in [0.1, 0.15) is 17.5 Å². The maximum Gasteiger partial charge on any atom is 0.270 e. The van der Waals surface area contributed by atoms with Gasteiger partial charge in [0.05, 0.1) is 23.1 Å². The van der Waals surface area contributed by atoms with Gasteiger partial charge in [0.25, 0.3) is 5.91 Å². The molecular weight excluding hydrogens is 440 g/mol. The van der Waals surface area contributed by atoms with Gasteiger partial charge in [-0.15, -0.1) is 0 Å². The first-order valence-electron chi connectivity index (χ1n) is 11.2. The zero-order chi connectivity index (χ0) is 22.9. The largest absolute Gasteiger partial charge is 0.393 e. The molecule has 1 amide bonds. The van der Waals surface area contributed by atoms with Crippen LogP contribution in [0.3, 0.4) is 0 Å². The highest BCUT2D eigenvalue weighted by molar-refractivity contribution is 6.36. The number of carbonyl (C=O) groups is 1. The molecule has 33 heavy (non-hydrogen) atoms. The SMILES string of the molecule is C[C@H](Cc1ncnc2nc[nH]c12)c1cc2cccc(Cl)c2c(C(=O)NC2CCC(O)CC2)n1. The third kappa shape index (κ3) is 4.41. The number of imidazole rings is 1. The average Bonchev–Trinajstić information content (AvgIpc) is 3.30. The highest BCUT2D eigenvalue weighted by atomic mass is 35.5. The summed E-state index contributed by atoms with van der Waals surface area (Å²) in [7, 11) is 0. The van der Waals surface area contributed by atoms with Crippen LogP contribution >= 0.6 is 11.6 Å². The summed E-state index contributed by atoms with van der Waals surface area (Å²) in [5.74, 6) is -0.243. The van der Waals surface area contributed by atoms with Crippen molar-refractivity contribution in [3.8, 4) is 0 Å². The molecule has 1 aliphatic carbocycles. The molecule has 1 aromatic carbocycles. The van der Waals surface area contributed by atoms with E-state index >= 15 is 0 Å². The second-order valence-corrected chi connectivity index (χ2v) is 9.15. The normalized spacial score (nSPS) is 19.6. The lowest BCUT2D eigenvalue weighted by molar-refractivity contribution is 0.0864. The predicted molar refractivity (Wildman–Crippen MR) is 126 cm³/mol. The Kier molecular flexibility index (Phi) is 5.95. The van der Waals surface area contributed by atoms with Crippen LogP contribution in [0.15, 0.2) is 36.9 Å². The predicted octanol–water partition coefficient (Wildman–Crippen LogP) is 3.93. The Morgan fingerprint density at radius 2 is 2.06 bits per heavy atom. The van der Waals surface area contributed by atoms with Gasteiger partial charge in [-0.05, 0) is 43.2 Å². The van der Waals surface area contributed by atoms with Gasteiger partial charge in [0.15, 0.2) is 5.65 Å². The van der Waals surface area contributed by atoms with Crippen molar-refractivity contribution in [2.24, 2.45) is 0 Å². The quantitative estimate of drug-likeness (QED) is 0.412. The van der Waals surface area contributed by atoms with E-state index in [1.54, 1.807) is 12.4 Å². The number of benzene rings is 1. The number of hydrogen-bond donors (Lipinski definition) is 3. The smallest absolute Gasteiger partial charge is 0.270 e. The van der Waals surface area contributed by atoms with Gasteiger partial charge in [0, 0.05) is 29.5 Å². The summed E-state index contributed by atoms with van der Waals surface area (Å²) in [6.07, 6.45) is 6.34. The molecule has 1 fully saturated rings. The molecule has 170 valence electrons. The number of H-pyrrole nitrogens is 1. The van der Waals surface area contributed by atoms with Crippen LogP contribution < -0.4 is 5.32 Å². The summed E-state index contributed by atoms with van der Waals surface area (Å²) in [5.41, 5.74) is 3.42. The van der Waals surface area contributed by atoms with Crippen molar-refractivity contribution in [3.63, 3.8) is 0 Å². The molecule has 3 heterocycles. The maximum atomic E-state index is 13.3. The molecule has 1 aliphatic rings. The number of nitrogens with one attached hydrogen (secondary N) is 2. The maximum absolute atomic E-state index is 13.3. The lowest BCUT2D eigenvalue weighted by Crippen LogP contribution is -2.39. The van der Waals surface area contributed by atoms with Crippen LogP contribution in [0.4, 0.5) is 0 Å². The number of carbonyl (C=O) groups excluding carboxylic acids is 1. The molecule has 0 bridgehead atoms. The zero-order valence-corrected chi connectivity index (χ0v) is 19.0. The van der Waals surface area contributed by atoms with Crippen molar-refractivity contribution in [2.75, 3.05) is 0 Å². The Morgan fingerprint density at radius 3 is 2.88 bits per heavy atom. The van der Waals surface area contributed by atoms with Crippen LogP contribution in [0.25, 0.3) is 21.9 Å². The summed E-state index contributed by atoms with van der Waals surface area (Å²) >= 11 is 6.50. The van der Waals surface area contributed by atoms with Crippen LogP contribution in [0.1, 0.15) is 60.4 Å². The number of nitrogens with zero attached hydrogens (tertiary/aromatic N) is 4. The molecule has 0 unspecified atom stereocenters. The molecule has 8 nitrogen and oxygen atoms in total. The minimum atomic E-state index is -0.279. The summed E-state index contributed by atoms with van der Waals surface area (Å²) in [4.78, 5) is 34.0. The Balaban J connectivity index is 1.48. The first-order valence-corrected chi connectivity index (χ1v) is 11.6. The molecule has 9 heteroatoms. The van der Waals surface area contributed by atoms with E-state index in [-0.39, 0.29) is 24.0 Å². The number of hydrogen-bond acceptors (Lipinski definition) is 6. The lowest BCUT2D eigenvalue weighted by atomic mass is 9.93. The van der Waals surface area contributed by atoms with Gasteiger partial charge < -0.3 is 15.4 Å². The Bertz CT molecular complexity index is 1320. The Morgan fingerprint density at radius 1 is 1.24 bits per heavy atom. The first-order chi connectivity index (χ1) is 16.0. The van der Waals surface area contributed by atoms with Gasteiger partial charge in [-0.1, -0.05) is 30.7 Å². The summed E-state index contributed by atoms with van der Waals surface area (Å²) in [5, 5.41) is 14.9. The van der Waals surface area contributed by atoms with E-state index in [2.05, 4.69) is 32.2 Å². The molecule has 0 spiro atoms. The molecule has 0 aliphatic heterocycles. The number of aromatic nitrogens is 5. The van der Waals surface area contributed by atoms with Crippen molar-refractivity contribution < 1.29 is 9.90 Å². The molecule has 0 saturated heterocycles. The molecule has 0 radical (unpaired) electrons. The summed E-state index contributed by atoms with van der Waals surface area (Å²) in [6, 6.07) is 7.62. The van der Waals surface area contributed by atoms with Crippen LogP contribution in [-0.2, 0) is 6.42 Å².